The highest BCUT2D eigenvalue weighted by molar-refractivity contribution is 7.93. The van der Waals surface area contributed by atoms with E-state index in [9.17, 15) is 8.42 Å². The van der Waals surface area contributed by atoms with Crippen LogP contribution in [-0.2, 0) is 10.0 Å². The zero-order chi connectivity index (χ0) is 18.1. The average molecular weight is 370 g/mol. The van der Waals surface area contributed by atoms with Crippen LogP contribution in [0.4, 0.5) is 5.69 Å². The highest BCUT2D eigenvalue weighted by Crippen LogP contribution is 2.33. The number of aromatic nitrogens is 1. The molecule has 0 fully saturated rings. The van der Waals surface area contributed by atoms with E-state index < -0.39 is 10.0 Å². The number of anilines is 1. The van der Waals surface area contributed by atoms with Crippen molar-refractivity contribution in [1.82, 2.24) is 4.98 Å². The number of nitrogens with zero attached hydrogens (tertiary/aromatic N) is 1. The third kappa shape index (κ3) is 3.17. The molecule has 3 aromatic rings. The van der Waals surface area contributed by atoms with Gasteiger partial charge in [-0.25, -0.2) is 8.42 Å². The Morgan fingerprint density at radius 3 is 2.69 bits per heavy atom. The van der Waals surface area contributed by atoms with Gasteiger partial charge in [-0.05, 0) is 36.8 Å². The molecule has 0 unspecified atom stereocenters. The molecule has 6 nitrogen and oxygen atoms in total. The van der Waals surface area contributed by atoms with Crippen molar-refractivity contribution < 1.29 is 17.9 Å². The van der Waals surface area contributed by atoms with Gasteiger partial charge in [0, 0.05) is 24.1 Å². The van der Waals surface area contributed by atoms with Crippen molar-refractivity contribution in [2.24, 2.45) is 0 Å². The lowest BCUT2D eigenvalue weighted by Crippen LogP contribution is -2.14. The Labute approximate surface area is 151 Å². The van der Waals surface area contributed by atoms with Gasteiger partial charge < -0.3 is 9.47 Å². The minimum absolute atomic E-state index is 0.141. The van der Waals surface area contributed by atoms with E-state index in [0.29, 0.717) is 35.9 Å². The lowest BCUT2D eigenvalue weighted by molar-refractivity contribution is 0.297. The van der Waals surface area contributed by atoms with Crippen molar-refractivity contribution in [3.63, 3.8) is 0 Å². The minimum atomic E-state index is -3.80. The van der Waals surface area contributed by atoms with Crippen molar-refractivity contribution >= 4 is 26.6 Å². The van der Waals surface area contributed by atoms with Gasteiger partial charge in [-0.15, -0.1) is 0 Å². The standard InChI is InChI=1S/C19H18N2O4S/c1-13-10-14-4-2-5-18(19(14)20-12-13)26(22,23)21-15-6-7-16-17(11-15)25-9-3-8-24-16/h2,4-7,10-12,21H,3,8-9H2,1H3. The smallest absolute Gasteiger partial charge is 0.264 e. The van der Waals surface area contributed by atoms with Crippen molar-refractivity contribution in [3.8, 4) is 11.5 Å². The number of benzene rings is 2. The highest BCUT2D eigenvalue weighted by atomic mass is 32.2. The van der Waals surface area contributed by atoms with Crippen LogP contribution in [0, 0.1) is 6.92 Å². The zero-order valence-corrected chi connectivity index (χ0v) is 15.0. The number of aryl methyl sites for hydroxylation is 1. The molecule has 0 radical (unpaired) electrons. The summed E-state index contributed by atoms with van der Waals surface area (Å²) in [6, 6.07) is 12.0. The number of hydrogen-bond acceptors (Lipinski definition) is 5. The summed E-state index contributed by atoms with van der Waals surface area (Å²) in [5.41, 5.74) is 1.83. The first-order valence-electron chi connectivity index (χ1n) is 8.31. The molecule has 0 saturated carbocycles. The van der Waals surface area contributed by atoms with E-state index in [1.807, 2.05) is 19.1 Å². The molecule has 134 valence electrons. The number of para-hydroxylation sites is 1. The molecule has 1 aliphatic heterocycles. The molecular weight excluding hydrogens is 352 g/mol. The maximum atomic E-state index is 12.9. The van der Waals surface area contributed by atoms with E-state index >= 15 is 0 Å². The summed E-state index contributed by atoms with van der Waals surface area (Å²) in [5.74, 6) is 1.15. The van der Waals surface area contributed by atoms with Crippen molar-refractivity contribution in [2.75, 3.05) is 17.9 Å². The quantitative estimate of drug-likeness (QED) is 0.763. The predicted molar refractivity (Wildman–Crippen MR) is 99.3 cm³/mol. The Hall–Kier alpha value is -2.80. The lowest BCUT2D eigenvalue weighted by atomic mass is 10.2. The molecule has 0 saturated heterocycles. The molecule has 26 heavy (non-hydrogen) atoms. The fourth-order valence-electron chi connectivity index (χ4n) is 2.90. The van der Waals surface area contributed by atoms with Gasteiger partial charge in [-0.1, -0.05) is 12.1 Å². The number of sulfonamides is 1. The van der Waals surface area contributed by atoms with Crippen LogP contribution in [0.2, 0.25) is 0 Å². The van der Waals surface area contributed by atoms with Gasteiger partial charge >= 0.3 is 0 Å². The van der Waals surface area contributed by atoms with Crippen LogP contribution in [0.25, 0.3) is 10.9 Å². The Morgan fingerprint density at radius 1 is 1.04 bits per heavy atom. The number of hydrogen-bond donors (Lipinski definition) is 1. The molecule has 1 N–H and O–H groups in total. The third-order valence-corrected chi connectivity index (χ3v) is 5.51. The van der Waals surface area contributed by atoms with Gasteiger partial charge in [0.15, 0.2) is 11.5 Å². The van der Waals surface area contributed by atoms with E-state index in [0.717, 1.165) is 17.4 Å². The first-order valence-corrected chi connectivity index (χ1v) is 9.79. The topological polar surface area (TPSA) is 77.5 Å². The maximum absolute atomic E-state index is 12.9. The number of rotatable bonds is 3. The molecular formula is C19H18N2O4S. The van der Waals surface area contributed by atoms with Crippen LogP contribution in [0.3, 0.4) is 0 Å². The summed E-state index contributed by atoms with van der Waals surface area (Å²) in [6.45, 7) is 3.04. The molecule has 0 atom stereocenters. The Kier molecular flexibility index (Phi) is 4.16. The normalized spacial score (nSPS) is 14.0. The Morgan fingerprint density at radius 2 is 1.85 bits per heavy atom. The Bertz CT molecular complexity index is 1080. The van der Waals surface area contributed by atoms with E-state index in [1.54, 1.807) is 36.5 Å². The van der Waals surface area contributed by atoms with Crippen molar-refractivity contribution in [1.29, 1.82) is 0 Å². The second-order valence-corrected chi connectivity index (χ2v) is 7.81. The summed E-state index contributed by atoms with van der Waals surface area (Å²) in [5, 5.41) is 0.784. The van der Waals surface area contributed by atoms with Crippen molar-refractivity contribution in [3.05, 3.63) is 54.2 Å². The fraction of sp³-hybridized carbons (Fsp3) is 0.211. The molecule has 0 amide bonds. The van der Waals surface area contributed by atoms with Crippen LogP contribution >= 0.6 is 0 Å². The zero-order valence-electron chi connectivity index (χ0n) is 14.2. The monoisotopic (exact) mass is 370 g/mol. The second kappa shape index (κ2) is 6.49. The van der Waals surface area contributed by atoms with E-state index in [1.165, 1.54) is 0 Å². The van der Waals surface area contributed by atoms with E-state index in [4.69, 9.17) is 9.47 Å². The molecule has 4 rings (SSSR count). The first kappa shape index (κ1) is 16.7. The van der Waals surface area contributed by atoms with Crippen LogP contribution in [0.1, 0.15) is 12.0 Å². The second-order valence-electron chi connectivity index (χ2n) is 6.16. The number of nitrogens with one attached hydrogen (secondary N) is 1. The molecule has 0 bridgehead atoms. The maximum Gasteiger partial charge on any atom is 0.264 e. The van der Waals surface area contributed by atoms with E-state index in [2.05, 4.69) is 9.71 Å². The SMILES string of the molecule is Cc1cnc2c(S(=O)(=O)Nc3ccc4c(c3)OCCCO4)cccc2c1. The molecule has 1 aliphatic rings. The molecule has 0 spiro atoms. The van der Waals surface area contributed by atoms with Gasteiger partial charge in [0.2, 0.25) is 0 Å². The molecule has 2 aromatic carbocycles. The molecule has 1 aromatic heterocycles. The van der Waals surface area contributed by atoms with Crippen LogP contribution < -0.4 is 14.2 Å². The summed E-state index contributed by atoms with van der Waals surface area (Å²) in [7, 11) is -3.80. The lowest BCUT2D eigenvalue weighted by Gasteiger charge is -2.13. The highest BCUT2D eigenvalue weighted by Gasteiger charge is 2.20. The van der Waals surface area contributed by atoms with Gasteiger partial charge in [0.25, 0.3) is 10.0 Å². The largest absolute Gasteiger partial charge is 0.490 e. The predicted octanol–water partition coefficient (Wildman–Crippen LogP) is 3.51. The fourth-order valence-corrected chi connectivity index (χ4v) is 4.13. The van der Waals surface area contributed by atoms with Gasteiger partial charge in [-0.2, -0.15) is 0 Å². The van der Waals surface area contributed by atoms with Crippen LogP contribution in [-0.4, -0.2) is 26.6 Å². The minimum Gasteiger partial charge on any atom is -0.490 e. The summed E-state index contributed by atoms with van der Waals surface area (Å²) >= 11 is 0. The van der Waals surface area contributed by atoms with Gasteiger partial charge in [0.1, 0.15) is 4.90 Å². The van der Waals surface area contributed by atoms with Gasteiger partial charge in [0.05, 0.1) is 24.4 Å². The molecule has 0 aliphatic carbocycles. The summed E-state index contributed by atoms with van der Waals surface area (Å²) in [6.07, 6.45) is 2.45. The molecule has 2 heterocycles. The van der Waals surface area contributed by atoms with Gasteiger partial charge in [-0.3, -0.25) is 9.71 Å². The Balaban J connectivity index is 1.71. The molecule has 7 heteroatoms. The van der Waals surface area contributed by atoms with E-state index in [-0.39, 0.29) is 4.90 Å². The number of ether oxygens (including phenoxy) is 2. The van der Waals surface area contributed by atoms with Crippen LogP contribution in [0.5, 0.6) is 11.5 Å². The third-order valence-electron chi connectivity index (χ3n) is 4.10. The number of fused-ring (bicyclic) bond motifs is 2. The summed E-state index contributed by atoms with van der Waals surface area (Å²) in [4.78, 5) is 4.45. The first-order chi connectivity index (χ1) is 12.5. The number of pyridine rings is 1. The summed E-state index contributed by atoms with van der Waals surface area (Å²) < 4.78 is 39.6. The van der Waals surface area contributed by atoms with Crippen LogP contribution in [0.15, 0.2) is 53.6 Å². The van der Waals surface area contributed by atoms with Crippen molar-refractivity contribution in [2.45, 2.75) is 18.2 Å². The average Bonchev–Trinajstić information content (AvgIpc) is 2.85.